The molecule has 0 spiro atoms. The maximum atomic E-state index is 6.25. The van der Waals surface area contributed by atoms with Crippen LogP contribution in [0.5, 0.6) is 0 Å². The van der Waals surface area contributed by atoms with Gasteiger partial charge in [-0.05, 0) is 12.8 Å². The number of anilines is 2. The van der Waals surface area contributed by atoms with E-state index >= 15 is 0 Å². The minimum atomic E-state index is 0.547. The average Bonchev–Trinajstić information content (AvgIpc) is 2.50. The summed E-state index contributed by atoms with van der Waals surface area (Å²) in [5.74, 6) is 1.34. The molecule has 0 bridgehead atoms. The summed E-state index contributed by atoms with van der Waals surface area (Å²) in [6.07, 6.45) is 3.55. The van der Waals surface area contributed by atoms with Gasteiger partial charge < -0.3 is 19.7 Å². The Morgan fingerprint density at radius 3 is 2.67 bits per heavy atom. The Balaban J connectivity index is 2.81. The maximum absolute atomic E-state index is 6.25. The van der Waals surface area contributed by atoms with Gasteiger partial charge in [0.25, 0.3) is 0 Å². The lowest BCUT2D eigenvalue weighted by atomic mass is 10.3. The number of nitrogens with one attached hydrogen (secondary N) is 1. The summed E-state index contributed by atoms with van der Waals surface area (Å²) in [4.78, 5) is 10.8. The molecule has 1 aromatic heterocycles. The Hall–Kier alpha value is -1.11. The van der Waals surface area contributed by atoms with Crippen molar-refractivity contribution in [2.45, 2.75) is 19.8 Å². The molecule has 0 atom stereocenters. The Labute approximate surface area is 131 Å². The second-order valence-electron chi connectivity index (χ2n) is 4.62. The number of halogens is 1. The number of hydrogen-bond donors (Lipinski definition) is 1. The van der Waals surface area contributed by atoms with Gasteiger partial charge in [0.15, 0.2) is 5.82 Å². The summed E-state index contributed by atoms with van der Waals surface area (Å²) in [5.41, 5.74) is 0. The van der Waals surface area contributed by atoms with Crippen LogP contribution in [0.1, 0.15) is 19.8 Å². The topological polar surface area (TPSA) is 59.5 Å². The van der Waals surface area contributed by atoms with Crippen LogP contribution >= 0.6 is 11.6 Å². The van der Waals surface area contributed by atoms with E-state index < -0.39 is 0 Å². The van der Waals surface area contributed by atoms with Crippen molar-refractivity contribution in [1.82, 2.24) is 9.97 Å². The minimum Gasteiger partial charge on any atom is -0.385 e. The molecular formula is C14H25ClN4O2. The predicted molar refractivity (Wildman–Crippen MR) is 86.4 cm³/mol. The van der Waals surface area contributed by atoms with Crippen LogP contribution in [-0.2, 0) is 9.47 Å². The van der Waals surface area contributed by atoms with Gasteiger partial charge in [-0.25, -0.2) is 4.98 Å². The quantitative estimate of drug-likeness (QED) is 0.633. The first kappa shape index (κ1) is 17.9. The molecule has 0 fully saturated rings. The fourth-order valence-electron chi connectivity index (χ4n) is 1.83. The first-order valence-electron chi connectivity index (χ1n) is 7.22. The molecule has 0 amide bonds. The Morgan fingerprint density at radius 2 is 2.00 bits per heavy atom. The molecular weight excluding hydrogens is 292 g/mol. The van der Waals surface area contributed by atoms with Crippen molar-refractivity contribution in [2.24, 2.45) is 0 Å². The fraction of sp³-hybridized carbons (Fsp3) is 0.714. The second-order valence-corrected chi connectivity index (χ2v) is 5.03. The maximum Gasteiger partial charge on any atom is 0.224 e. The summed E-state index contributed by atoms with van der Waals surface area (Å²) >= 11 is 6.25. The van der Waals surface area contributed by atoms with E-state index in [2.05, 4.69) is 27.1 Å². The van der Waals surface area contributed by atoms with Crippen molar-refractivity contribution in [3.05, 3.63) is 11.2 Å². The van der Waals surface area contributed by atoms with E-state index in [0.717, 1.165) is 38.3 Å². The van der Waals surface area contributed by atoms with E-state index in [9.17, 15) is 0 Å². The monoisotopic (exact) mass is 316 g/mol. The molecule has 21 heavy (non-hydrogen) atoms. The lowest BCUT2D eigenvalue weighted by Gasteiger charge is -2.24. The van der Waals surface area contributed by atoms with Crippen LogP contribution in [0.25, 0.3) is 0 Å². The zero-order valence-corrected chi connectivity index (χ0v) is 13.8. The molecule has 7 heteroatoms. The first-order valence-corrected chi connectivity index (χ1v) is 7.60. The highest BCUT2D eigenvalue weighted by atomic mass is 35.5. The Morgan fingerprint density at radius 1 is 1.24 bits per heavy atom. The van der Waals surface area contributed by atoms with E-state index in [1.807, 2.05) is 0 Å². The zero-order valence-electron chi connectivity index (χ0n) is 13.1. The van der Waals surface area contributed by atoms with Gasteiger partial charge >= 0.3 is 0 Å². The van der Waals surface area contributed by atoms with Crippen LogP contribution in [0.4, 0.5) is 11.8 Å². The summed E-state index contributed by atoms with van der Waals surface area (Å²) in [6.45, 7) is 5.78. The summed E-state index contributed by atoms with van der Waals surface area (Å²) < 4.78 is 10.3. The molecule has 120 valence electrons. The summed E-state index contributed by atoms with van der Waals surface area (Å²) in [7, 11) is 3.38. The number of methoxy groups -OCH3 is 2. The molecule has 0 aliphatic heterocycles. The van der Waals surface area contributed by atoms with Crippen molar-refractivity contribution in [3.63, 3.8) is 0 Å². The number of ether oxygens (including phenoxy) is 2. The molecule has 0 saturated carbocycles. The SMILES string of the molecule is CCCNc1ncc(Cl)c(N(CCCOC)CCOC)n1. The molecule has 1 N–H and O–H groups in total. The normalized spacial score (nSPS) is 10.7. The van der Waals surface area contributed by atoms with Crippen LogP contribution < -0.4 is 10.2 Å². The van der Waals surface area contributed by atoms with Crippen molar-refractivity contribution in [1.29, 1.82) is 0 Å². The van der Waals surface area contributed by atoms with Crippen LogP contribution in [0, 0.1) is 0 Å². The summed E-state index contributed by atoms with van der Waals surface area (Å²) in [6, 6.07) is 0. The predicted octanol–water partition coefficient (Wildman–Crippen LogP) is 2.44. The largest absolute Gasteiger partial charge is 0.385 e. The number of aromatic nitrogens is 2. The van der Waals surface area contributed by atoms with Crippen LogP contribution in [0.2, 0.25) is 5.02 Å². The number of nitrogens with zero attached hydrogens (tertiary/aromatic N) is 3. The third-order valence-corrected chi connectivity index (χ3v) is 3.17. The van der Waals surface area contributed by atoms with Gasteiger partial charge in [-0.1, -0.05) is 18.5 Å². The highest BCUT2D eigenvalue weighted by molar-refractivity contribution is 6.32. The minimum absolute atomic E-state index is 0.547. The Kier molecular flexibility index (Phi) is 9.05. The molecule has 0 unspecified atom stereocenters. The van der Waals surface area contributed by atoms with Crippen molar-refractivity contribution in [3.8, 4) is 0 Å². The summed E-state index contributed by atoms with van der Waals surface area (Å²) in [5, 5.41) is 3.72. The molecule has 6 nitrogen and oxygen atoms in total. The van der Waals surface area contributed by atoms with Gasteiger partial charge in [0.2, 0.25) is 5.95 Å². The lowest BCUT2D eigenvalue weighted by Crippen LogP contribution is -2.30. The van der Waals surface area contributed by atoms with E-state index in [-0.39, 0.29) is 0 Å². The zero-order chi connectivity index (χ0) is 15.5. The molecule has 0 aliphatic rings. The van der Waals surface area contributed by atoms with Crippen molar-refractivity contribution < 1.29 is 9.47 Å². The molecule has 1 heterocycles. The van der Waals surface area contributed by atoms with Gasteiger partial charge in [0, 0.05) is 40.5 Å². The third kappa shape index (κ3) is 6.46. The number of hydrogen-bond acceptors (Lipinski definition) is 6. The average molecular weight is 317 g/mol. The molecule has 1 rings (SSSR count). The molecule has 0 aliphatic carbocycles. The van der Waals surface area contributed by atoms with Gasteiger partial charge in [-0.2, -0.15) is 4.98 Å². The van der Waals surface area contributed by atoms with E-state index in [0.29, 0.717) is 24.2 Å². The number of rotatable bonds is 11. The van der Waals surface area contributed by atoms with E-state index in [4.69, 9.17) is 21.1 Å². The second kappa shape index (κ2) is 10.6. The van der Waals surface area contributed by atoms with E-state index in [1.165, 1.54) is 0 Å². The highest BCUT2D eigenvalue weighted by Gasteiger charge is 2.13. The highest BCUT2D eigenvalue weighted by Crippen LogP contribution is 2.24. The molecule has 0 aromatic carbocycles. The lowest BCUT2D eigenvalue weighted by molar-refractivity contribution is 0.191. The Bertz CT molecular complexity index is 407. The molecule has 0 radical (unpaired) electrons. The van der Waals surface area contributed by atoms with Crippen LogP contribution in [0.3, 0.4) is 0 Å². The van der Waals surface area contributed by atoms with Gasteiger partial charge in [-0.15, -0.1) is 0 Å². The third-order valence-electron chi connectivity index (χ3n) is 2.90. The standard InChI is InChI=1S/C14H25ClN4O2/c1-4-6-16-14-17-11-12(15)13(18-14)19(8-10-21-3)7-5-9-20-2/h11H,4-10H2,1-3H3,(H,16,17,18). The van der Waals surface area contributed by atoms with Gasteiger partial charge in [-0.3, -0.25) is 0 Å². The van der Waals surface area contributed by atoms with Gasteiger partial charge in [0.05, 0.1) is 12.8 Å². The van der Waals surface area contributed by atoms with Gasteiger partial charge in [0.1, 0.15) is 5.02 Å². The van der Waals surface area contributed by atoms with Crippen LogP contribution in [0.15, 0.2) is 6.20 Å². The van der Waals surface area contributed by atoms with E-state index in [1.54, 1.807) is 20.4 Å². The first-order chi connectivity index (χ1) is 10.2. The molecule has 0 saturated heterocycles. The van der Waals surface area contributed by atoms with Crippen molar-refractivity contribution >= 4 is 23.4 Å². The van der Waals surface area contributed by atoms with Crippen LogP contribution in [-0.4, -0.2) is 57.0 Å². The molecule has 1 aromatic rings. The fourth-order valence-corrected chi connectivity index (χ4v) is 2.04. The smallest absolute Gasteiger partial charge is 0.224 e. The van der Waals surface area contributed by atoms with Crippen molar-refractivity contribution in [2.75, 3.05) is 57.3 Å².